The van der Waals surface area contributed by atoms with E-state index in [0.717, 1.165) is 0 Å². The normalized spacial score (nSPS) is 10.2. The molecule has 0 saturated carbocycles. The lowest BCUT2D eigenvalue weighted by Crippen LogP contribution is -2.08. The first kappa shape index (κ1) is 10.4. The molecule has 0 aromatic heterocycles. The lowest BCUT2D eigenvalue weighted by atomic mass is 10.2. The molecule has 0 radical (unpaired) electrons. The Labute approximate surface area is 66.0 Å². The highest BCUT2D eigenvalue weighted by Crippen LogP contribution is 1.93. The Morgan fingerprint density at radius 2 is 2.18 bits per heavy atom. The van der Waals surface area contributed by atoms with Crippen molar-refractivity contribution in [1.29, 1.82) is 0 Å². The molecule has 1 N–H and O–H groups in total. The average molecular weight is 162 g/mol. The van der Waals surface area contributed by atoms with Gasteiger partial charge in [0.25, 0.3) is 0 Å². The summed E-state index contributed by atoms with van der Waals surface area (Å²) < 4.78 is 5.06. The quantitative estimate of drug-likeness (QED) is 0.373. The van der Waals surface area contributed by atoms with Gasteiger partial charge in [-0.1, -0.05) is 13.8 Å². The predicted octanol–water partition coefficient (Wildman–Crippen LogP) is 1.07. The van der Waals surface area contributed by atoms with Crippen molar-refractivity contribution in [3.05, 3.63) is 0 Å². The molecule has 0 bridgehead atoms. The summed E-state index contributed by atoms with van der Waals surface area (Å²) in [6.45, 7) is 4.96. The molecular formula is C7H14O4. The van der Waals surface area contributed by atoms with Gasteiger partial charge in [-0.25, -0.2) is 4.79 Å². The molecule has 0 aliphatic heterocycles. The number of ether oxygens (including phenoxy) is 1. The minimum Gasteiger partial charge on any atom is -0.381 e. The van der Waals surface area contributed by atoms with Crippen LogP contribution in [0.1, 0.15) is 20.3 Å². The van der Waals surface area contributed by atoms with E-state index in [-0.39, 0.29) is 6.42 Å². The van der Waals surface area contributed by atoms with Gasteiger partial charge in [-0.3, -0.25) is 0 Å². The molecule has 0 unspecified atom stereocenters. The molecule has 66 valence electrons. The molecule has 0 amide bonds. The Morgan fingerprint density at radius 3 is 2.64 bits per heavy atom. The van der Waals surface area contributed by atoms with Crippen molar-refractivity contribution in [3.63, 3.8) is 0 Å². The molecule has 0 rings (SSSR count). The van der Waals surface area contributed by atoms with Gasteiger partial charge in [0.1, 0.15) is 0 Å². The summed E-state index contributed by atoms with van der Waals surface area (Å²) in [6, 6.07) is 0. The first-order valence-corrected chi connectivity index (χ1v) is 3.58. The van der Waals surface area contributed by atoms with E-state index in [9.17, 15) is 4.79 Å². The van der Waals surface area contributed by atoms with Crippen LogP contribution >= 0.6 is 0 Å². The van der Waals surface area contributed by atoms with Gasteiger partial charge in [0.05, 0.1) is 13.0 Å². The van der Waals surface area contributed by atoms with E-state index in [1.807, 2.05) is 13.8 Å². The minimum absolute atomic E-state index is 0.100. The number of carbonyl (C=O) groups excluding carboxylic acids is 1. The van der Waals surface area contributed by atoms with Crippen LogP contribution in [0, 0.1) is 5.92 Å². The maximum Gasteiger partial charge on any atom is 0.344 e. The second kappa shape index (κ2) is 6.12. The summed E-state index contributed by atoms with van der Waals surface area (Å²) in [4.78, 5) is 13.7. The second-order valence-corrected chi connectivity index (χ2v) is 2.68. The van der Waals surface area contributed by atoms with Crippen LogP contribution in [-0.4, -0.2) is 24.4 Å². The summed E-state index contributed by atoms with van der Waals surface area (Å²) in [5.41, 5.74) is 0. The Morgan fingerprint density at radius 1 is 1.55 bits per heavy atom. The van der Waals surface area contributed by atoms with Gasteiger partial charge in [-0.2, -0.15) is 5.26 Å². The third-order valence-corrected chi connectivity index (χ3v) is 1.00. The zero-order valence-electron chi connectivity index (χ0n) is 6.87. The summed E-state index contributed by atoms with van der Waals surface area (Å²) in [5.74, 6) is -0.200. The van der Waals surface area contributed by atoms with Crippen molar-refractivity contribution in [2.24, 2.45) is 5.92 Å². The highest BCUT2D eigenvalue weighted by molar-refractivity contribution is 5.68. The number of rotatable bonds is 5. The van der Waals surface area contributed by atoms with Gasteiger partial charge in [-0.15, -0.1) is 0 Å². The van der Waals surface area contributed by atoms with Gasteiger partial charge >= 0.3 is 5.97 Å². The van der Waals surface area contributed by atoms with Crippen molar-refractivity contribution in [2.45, 2.75) is 20.3 Å². The highest BCUT2D eigenvalue weighted by atomic mass is 17.1. The molecule has 0 aromatic carbocycles. The van der Waals surface area contributed by atoms with Crippen LogP contribution in [0.5, 0.6) is 0 Å². The predicted molar refractivity (Wildman–Crippen MR) is 39.0 cm³/mol. The van der Waals surface area contributed by atoms with E-state index in [1.165, 1.54) is 0 Å². The molecule has 4 heteroatoms. The zero-order chi connectivity index (χ0) is 8.69. The summed E-state index contributed by atoms with van der Waals surface area (Å²) in [5, 5.41) is 7.84. The zero-order valence-corrected chi connectivity index (χ0v) is 6.87. The van der Waals surface area contributed by atoms with Gasteiger partial charge in [0.2, 0.25) is 0 Å². The molecule has 0 aromatic rings. The molecule has 0 fully saturated rings. The maximum atomic E-state index is 10.3. The molecule has 0 saturated heterocycles. The van der Waals surface area contributed by atoms with Crippen LogP contribution in [0.15, 0.2) is 0 Å². The van der Waals surface area contributed by atoms with Crippen molar-refractivity contribution in [1.82, 2.24) is 0 Å². The van der Waals surface area contributed by atoms with Gasteiger partial charge in [0.15, 0.2) is 0 Å². The Kier molecular flexibility index (Phi) is 5.78. The fourth-order valence-electron chi connectivity index (χ4n) is 0.520. The van der Waals surface area contributed by atoms with E-state index >= 15 is 0 Å². The van der Waals surface area contributed by atoms with Crippen LogP contribution in [-0.2, 0) is 14.4 Å². The smallest absolute Gasteiger partial charge is 0.344 e. The molecular weight excluding hydrogens is 148 g/mol. The Balaban J connectivity index is 3.08. The largest absolute Gasteiger partial charge is 0.381 e. The minimum atomic E-state index is -0.659. The monoisotopic (exact) mass is 162 g/mol. The summed E-state index contributed by atoms with van der Waals surface area (Å²) >= 11 is 0. The van der Waals surface area contributed by atoms with Crippen LogP contribution in [0.2, 0.25) is 0 Å². The van der Waals surface area contributed by atoms with Gasteiger partial charge in [-0.05, 0) is 5.92 Å². The maximum absolute atomic E-state index is 10.3. The lowest BCUT2D eigenvalue weighted by Gasteiger charge is -2.04. The molecule has 0 atom stereocenters. The van der Waals surface area contributed by atoms with E-state index in [2.05, 4.69) is 4.89 Å². The molecule has 4 nitrogen and oxygen atoms in total. The van der Waals surface area contributed by atoms with E-state index in [0.29, 0.717) is 19.1 Å². The highest BCUT2D eigenvalue weighted by Gasteiger charge is 2.01. The van der Waals surface area contributed by atoms with E-state index in [1.54, 1.807) is 0 Å². The Hall–Kier alpha value is -0.610. The third kappa shape index (κ3) is 7.29. The summed E-state index contributed by atoms with van der Waals surface area (Å²) in [6.07, 6.45) is 0.100. The number of hydrogen-bond acceptors (Lipinski definition) is 4. The van der Waals surface area contributed by atoms with Crippen LogP contribution in [0.4, 0.5) is 0 Å². The fraction of sp³-hybridized carbons (Fsp3) is 0.857. The third-order valence-electron chi connectivity index (χ3n) is 1.00. The lowest BCUT2D eigenvalue weighted by molar-refractivity contribution is -0.235. The van der Waals surface area contributed by atoms with Crippen molar-refractivity contribution < 1.29 is 19.7 Å². The van der Waals surface area contributed by atoms with Crippen LogP contribution in [0.3, 0.4) is 0 Å². The molecule has 11 heavy (non-hydrogen) atoms. The fourth-order valence-corrected chi connectivity index (χ4v) is 0.520. The average Bonchev–Trinajstić information content (AvgIpc) is 1.97. The molecule has 0 aliphatic rings. The first-order valence-electron chi connectivity index (χ1n) is 3.58. The molecule has 0 aliphatic carbocycles. The SMILES string of the molecule is CC(C)COCCC(=O)OO. The van der Waals surface area contributed by atoms with Crippen molar-refractivity contribution >= 4 is 5.97 Å². The molecule has 0 heterocycles. The topological polar surface area (TPSA) is 55.8 Å². The van der Waals surface area contributed by atoms with Crippen molar-refractivity contribution in [2.75, 3.05) is 13.2 Å². The van der Waals surface area contributed by atoms with Gasteiger partial charge < -0.3 is 9.62 Å². The summed E-state index contributed by atoms with van der Waals surface area (Å²) in [7, 11) is 0. The van der Waals surface area contributed by atoms with E-state index in [4.69, 9.17) is 9.99 Å². The van der Waals surface area contributed by atoms with Crippen LogP contribution in [0.25, 0.3) is 0 Å². The second-order valence-electron chi connectivity index (χ2n) is 2.68. The van der Waals surface area contributed by atoms with Crippen molar-refractivity contribution in [3.8, 4) is 0 Å². The first-order chi connectivity index (χ1) is 5.16. The van der Waals surface area contributed by atoms with E-state index < -0.39 is 5.97 Å². The number of carbonyl (C=O) groups is 1. The Bertz CT molecular complexity index is 111. The number of hydrogen-bond donors (Lipinski definition) is 1. The standard InChI is InChI=1S/C7H14O4/c1-6(2)5-10-4-3-7(8)11-9/h6,9H,3-5H2,1-2H3. The van der Waals surface area contributed by atoms with Crippen LogP contribution < -0.4 is 0 Å². The molecule has 0 spiro atoms. The van der Waals surface area contributed by atoms with Gasteiger partial charge in [0, 0.05) is 6.61 Å².